The van der Waals surface area contributed by atoms with Crippen LogP contribution in [0.25, 0.3) is 33.3 Å². The van der Waals surface area contributed by atoms with Crippen LogP contribution in [0.1, 0.15) is 16.0 Å². The van der Waals surface area contributed by atoms with Gasteiger partial charge < -0.3 is 9.42 Å². The van der Waals surface area contributed by atoms with Crippen LogP contribution in [0.15, 0.2) is 59.1 Å². The molecule has 0 radical (unpaired) electrons. The lowest BCUT2D eigenvalue weighted by molar-refractivity contribution is -0.133. The normalized spacial score (nSPS) is 12.0. The number of benzene rings is 2. The number of alkyl halides is 3. The summed E-state index contributed by atoms with van der Waals surface area (Å²) in [7, 11) is 3.97. The van der Waals surface area contributed by atoms with E-state index >= 15 is 0 Å². The van der Waals surface area contributed by atoms with Crippen molar-refractivity contribution in [1.29, 1.82) is 0 Å². The predicted molar refractivity (Wildman–Crippen MR) is 116 cm³/mol. The molecule has 4 aromatic rings. The van der Waals surface area contributed by atoms with Gasteiger partial charge in [-0.2, -0.15) is 18.2 Å². The van der Waals surface area contributed by atoms with Gasteiger partial charge in [0.05, 0.1) is 4.88 Å². The summed E-state index contributed by atoms with van der Waals surface area (Å²) >= 11 is 0.611. The minimum Gasteiger partial charge on any atom is -0.333 e. The van der Waals surface area contributed by atoms with E-state index in [1.165, 1.54) is 6.07 Å². The number of thiophene rings is 1. The van der Waals surface area contributed by atoms with Crippen molar-refractivity contribution in [2.24, 2.45) is 0 Å². The Hall–Kier alpha value is -2.97. The maximum atomic E-state index is 13.7. The van der Waals surface area contributed by atoms with Crippen LogP contribution < -0.4 is 0 Å². The van der Waals surface area contributed by atoms with E-state index in [2.05, 4.69) is 15.0 Å². The highest BCUT2D eigenvalue weighted by molar-refractivity contribution is 7.16. The van der Waals surface area contributed by atoms with Crippen molar-refractivity contribution in [1.82, 2.24) is 15.0 Å². The van der Waals surface area contributed by atoms with Gasteiger partial charge in [0.15, 0.2) is 0 Å². The Morgan fingerprint density at radius 2 is 1.74 bits per heavy atom. The molecule has 0 fully saturated rings. The van der Waals surface area contributed by atoms with E-state index < -0.39 is 11.1 Å². The van der Waals surface area contributed by atoms with Crippen molar-refractivity contribution in [3.63, 3.8) is 0 Å². The standard InChI is InChI=1S/C23H20F3N3OS/c1-14-16(13-29(2)3)10-7-11-17(14)21-27-22(30-28-21)19-12-18(15-8-5-4-6-9-15)20(31-19)23(24,25)26/h4-12H,13H2,1-3H3. The molecule has 160 valence electrons. The summed E-state index contributed by atoms with van der Waals surface area (Å²) in [6, 6.07) is 15.8. The molecule has 4 rings (SSSR count). The van der Waals surface area contributed by atoms with E-state index in [-0.39, 0.29) is 16.3 Å². The lowest BCUT2D eigenvalue weighted by Gasteiger charge is -2.13. The van der Waals surface area contributed by atoms with E-state index in [1.807, 2.05) is 39.2 Å². The molecule has 0 N–H and O–H groups in total. The van der Waals surface area contributed by atoms with Gasteiger partial charge in [-0.1, -0.05) is 53.7 Å². The lowest BCUT2D eigenvalue weighted by Crippen LogP contribution is -2.11. The number of hydrogen-bond donors (Lipinski definition) is 0. The molecule has 2 aromatic carbocycles. The van der Waals surface area contributed by atoms with E-state index in [1.54, 1.807) is 30.3 Å². The second kappa shape index (κ2) is 8.28. The monoisotopic (exact) mass is 443 g/mol. The summed E-state index contributed by atoms with van der Waals surface area (Å²) in [4.78, 5) is 6.07. The SMILES string of the molecule is Cc1c(CN(C)C)cccc1-c1noc(-c2cc(-c3ccccc3)c(C(F)(F)F)s2)n1. The van der Waals surface area contributed by atoms with Crippen molar-refractivity contribution in [3.05, 3.63) is 70.6 Å². The molecule has 0 spiro atoms. The van der Waals surface area contributed by atoms with Crippen LogP contribution in [-0.2, 0) is 12.7 Å². The molecule has 0 atom stereocenters. The van der Waals surface area contributed by atoms with Gasteiger partial charge in [0.2, 0.25) is 5.82 Å². The zero-order chi connectivity index (χ0) is 22.2. The van der Waals surface area contributed by atoms with Crippen LogP contribution in [0.2, 0.25) is 0 Å². The maximum absolute atomic E-state index is 13.7. The largest absolute Gasteiger partial charge is 0.426 e. The Morgan fingerprint density at radius 1 is 1.00 bits per heavy atom. The topological polar surface area (TPSA) is 42.2 Å². The molecule has 0 unspecified atom stereocenters. The van der Waals surface area contributed by atoms with E-state index in [0.717, 1.165) is 23.2 Å². The van der Waals surface area contributed by atoms with Crippen molar-refractivity contribution in [2.75, 3.05) is 14.1 Å². The molecule has 0 saturated heterocycles. The summed E-state index contributed by atoms with van der Waals surface area (Å²) in [6.45, 7) is 2.73. The van der Waals surface area contributed by atoms with Crippen LogP contribution in [0, 0.1) is 6.92 Å². The zero-order valence-corrected chi connectivity index (χ0v) is 18.0. The van der Waals surface area contributed by atoms with E-state index in [4.69, 9.17) is 4.52 Å². The third-order valence-electron chi connectivity index (χ3n) is 4.88. The first kappa shape index (κ1) is 21.3. The van der Waals surface area contributed by atoms with Gasteiger partial charge in [0.1, 0.15) is 4.88 Å². The summed E-state index contributed by atoms with van der Waals surface area (Å²) in [6.07, 6.45) is -4.48. The van der Waals surface area contributed by atoms with Crippen LogP contribution in [0.5, 0.6) is 0 Å². The molecule has 0 saturated carbocycles. The fourth-order valence-corrected chi connectivity index (χ4v) is 4.38. The van der Waals surface area contributed by atoms with Crippen LogP contribution in [-0.4, -0.2) is 29.1 Å². The minimum atomic E-state index is -4.48. The number of rotatable bonds is 5. The Morgan fingerprint density at radius 3 is 2.42 bits per heavy atom. The quantitative estimate of drug-likeness (QED) is 0.352. The van der Waals surface area contributed by atoms with E-state index in [9.17, 15) is 13.2 Å². The fourth-order valence-electron chi connectivity index (χ4n) is 3.41. The smallest absolute Gasteiger partial charge is 0.333 e. The molecule has 2 heterocycles. The number of halogens is 3. The first-order chi connectivity index (χ1) is 14.7. The Labute approximate surface area is 182 Å². The number of hydrogen-bond acceptors (Lipinski definition) is 5. The highest BCUT2D eigenvalue weighted by Gasteiger charge is 2.37. The average molecular weight is 443 g/mol. The molecule has 31 heavy (non-hydrogen) atoms. The molecule has 0 amide bonds. The number of nitrogens with zero attached hydrogens (tertiary/aromatic N) is 3. The van der Waals surface area contributed by atoms with Gasteiger partial charge >= 0.3 is 6.18 Å². The molecule has 0 bridgehead atoms. The Kier molecular flexibility index (Phi) is 5.68. The average Bonchev–Trinajstić information content (AvgIpc) is 3.37. The third-order valence-corrected chi connectivity index (χ3v) is 6.05. The highest BCUT2D eigenvalue weighted by Crippen LogP contribution is 2.45. The fraction of sp³-hybridized carbons (Fsp3) is 0.217. The van der Waals surface area contributed by atoms with Crippen LogP contribution in [0.4, 0.5) is 13.2 Å². The van der Waals surface area contributed by atoms with Crippen molar-refractivity contribution in [3.8, 4) is 33.3 Å². The first-order valence-corrected chi connectivity index (χ1v) is 10.4. The molecule has 0 aliphatic heterocycles. The van der Waals surface area contributed by atoms with Crippen LogP contribution in [0.3, 0.4) is 0 Å². The molecule has 4 nitrogen and oxygen atoms in total. The van der Waals surface area contributed by atoms with Gasteiger partial charge in [-0.15, -0.1) is 11.3 Å². The molecule has 2 aromatic heterocycles. The summed E-state index contributed by atoms with van der Waals surface area (Å²) in [5, 5.41) is 4.04. The Balaban J connectivity index is 1.75. The van der Waals surface area contributed by atoms with Gasteiger partial charge in [-0.3, -0.25) is 0 Å². The van der Waals surface area contributed by atoms with Crippen molar-refractivity contribution >= 4 is 11.3 Å². The second-order valence-corrected chi connectivity index (χ2v) is 8.52. The first-order valence-electron chi connectivity index (χ1n) is 9.58. The van der Waals surface area contributed by atoms with Gasteiger partial charge in [0, 0.05) is 17.7 Å². The highest BCUT2D eigenvalue weighted by atomic mass is 32.1. The van der Waals surface area contributed by atoms with Gasteiger partial charge in [0.25, 0.3) is 5.89 Å². The summed E-state index contributed by atoms with van der Waals surface area (Å²) in [5.41, 5.74) is 3.53. The molecular weight excluding hydrogens is 423 g/mol. The zero-order valence-electron chi connectivity index (χ0n) is 17.2. The minimum absolute atomic E-state index is 0.0742. The lowest BCUT2D eigenvalue weighted by atomic mass is 10.0. The van der Waals surface area contributed by atoms with Crippen molar-refractivity contribution < 1.29 is 17.7 Å². The maximum Gasteiger partial charge on any atom is 0.426 e. The third kappa shape index (κ3) is 4.40. The summed E-state index contributed by atoms with van der Waals surface area (Å²) in [5.74, 6) is 0.432. The van der Waals surface area contributed by atoms with Gasteiger partial charge in [-0.05, 0) is 43.8 Å². The van der Waals surface area contributed by atoms with E-state index in [0.29, 0.717) is 22.7 Å². The Bertz CT molecular complexity index is 1200. The second-order valence-electron chi connectivity index (χ2n) is 7.47. The predicted octanol–water partition coefficient (Wildman–Crippen LogP) is 6.52. The summed E-state index contributed by atoms with van der Waals surface area (Å²) < 4.78 is 46.4. The molecule has 0 aliphatic rings. The molecule has 8 heteroatoms. The molecular formula is C23H20F3N3OS. The number of aromatic nitrogens is 2. The van der Waals surface area contributed by atoms with Gasteiger partial charge in [-0.25, -0.2) is 0 Å². The van der Waals surface area contributed by atoms with Crippen LogP contribution >= 0.6 is 11.3 Å². The van der Waals surface area contributed by atoms with Crippen molar-refractivity contribution in [2.45, 2.75) is 19.6 Å². The molecule has 0 aliphatic carbocycles.